The van der Waals surface area contributed by atoms with Gasteiger partial charge in [0.2, 0.25) is 0 Å². The molecule has 148 valence electrons. The van der Waals surface area contributed by atoms with Crippen LogP contribution in [0.1, 0.15) is 22.5 Å². The second-order valence-electron chi connectivity index (χ2n) is 6.56. The standard InChI is InChI=1S/C24H16Cl2N2O2/c25-17-9-5-15(6-10-17)23(29)13-21-22(28-20-4-2-1-3-19(20)27-21)14-24(30)16-7-11-18(26)12-8-16/h1-14,29-30H/b23-13-,24-14+. The SMILES string of the molecule is O/C(=C\c1nc2ccccc2nc1/C=C(/O)c1ccc(Cl)cc1)c1ccc(Cl)cc1. The zero-order chi connectivity index (χ0) is 21.1. The Kier molecular flexibility index (Phi) is 5.70. The van der Waals surface area contributed by atoms with Crippen molar-refractivity contribution in [1.29, 1.82) is 0 Å². The average molecular weight is 435 g/mol. The van der Waals surface area contributed by atoms with Crippen LogP contribution in [-0.2, 0) is 0 Å². The Hall–Kier alpha value is -3.34. The number of nitrogens with zero attached hydrogens (tertiary/aromatic N) is 2. The summed E-state index contributed by atoms with van der Waals surface area (Å²) in [5, 5.41) is 22.3. The van der Waals surface area contributed by atoms with Crippen LogP contribution in [0.4, 0.5) is 0 Å². The van der Waals surface area contributed by atoms with E-state index >= 15 is 0 Å². The van der Waals surface area contributed by atoms with E-state index in [1.807, 2.05) is 24.3 Å². The number of fused-ring (bicyclic) bond motifs is 1. The Morgan fingerprint density at radius 2 is 0.967 bits per heavy atom. The van der Waals surface area contributed by atoms with E-state index in [1.165, 1.54) is 12.2 Å². The van der Waals surface area contributed by atoms with Gasteiger partial charge in [0.05, 0.1) is 22.4 Å². The van der Waals surface area contributed by atoms with Gasteiger partial charge in [-0.2, -0.15) is 0 Å². The number of aliphatic hydroxyl groups excluding tert-OH is 2. The maximum Gasteiger partial charge on any atom is 0.125 e. The third kappa shape index (κ3) is 4.46. The van der Waals surface area contributed by atoms with E-state index < -0.39 is 0 Å². The van der Waals surface area contributed by atoms with Gasteiger partial charge in [-0.15, -0.1) is 0 Å². The van der Waals surface area contributed by atoms with E-state index in [0.29, 0.717) is 43.6 Å². The minimum absolute atomic E-state index is 0.0110. The fraction of sp³-hybridized carbons (Fsp3) is 0. The van der Waals surface area contributed by atoms with Gasteiger partial charge in [-0.05, 0) is 60.7 Å². The molecule has 0 saturated carbocycles. The second-order valence-corrected chi connectivity index (χ2v) is 7.43. The van der Waals surface area contributed by atoms with Crippen molar-refractivity contribution in [2.45, 2.75) is 0 Å². The molecule has 0 saturated heterocycles. The largest absolute Gasteiger partial charge is 0.507 e. The van der Waals surface area contributed by atoms with Gasteiger partial charge >= 0.3 is 0 Å². The van der Waals surface area contributed by atoms with Gasteiger partial charge < -0.3 is 10.2 Å². The zero-order valence-corrected chi connectivity index (χ0v) is 17.1. The van der Waals surface area contributed by atoms with Crippen LogP contribution in [0, 0.1) is 0 Å². The molecule has 2 N–H and O–H groups in total. The van der Waals surface area contributed by atoms with Gasteiger partial charge in [-0.3, -0.25) is 0 Å². The van der Waals surface area contributed by atoms with Crippen LogP contribution in [0.3, 0.4) is 0 Å². The van der Waals surface area contributed by atoms with E-state index in [-0.39, 0.29) is 11.5 Å². The first-order valence-electron chi connectivity index (χ1n) is 9.09. The highest BCUT2D eigenvalue weighted by Crippen LogP contribution is 2.24. The number of hydrogen-bond acceptors (Lipinski definition) is 4. The normalized spacial score (nSPS) is 12.3. The number of benzene rings is 3. The van der Waals surface area contributed by atoms with E-state index in [9.17, 15) is 10.2 Å². The van der Waals surface area contributed by atoms with Crippen molar-refractivity contribution in [3.8, 4) is 0 Å². The molecule has 0 fully saturated rings. The van der Waals surface area contributed by atoms with Gasteiger partial charge in [0.15, 0.2) is 0 Å². The predicted octanol–water partition coefficient (Wildman–Crippen LogP) is 7.05. The molecule has 1 aromatic heterocycles. The number of halogens is 2. The van der Waals surface area contributed by atoms with Crippen LogP contribution in [0.15, 0.2) is 72.8 Å². The van der Waals surface area contributed by atoms with Crippen LogP contribution in [0.25, 0.3) is 34.7 Å². The molecule has 0 atom stereocenters. The third-order valence-corrected chi connectivity index (χ3v) is 4.96. The molecule has 0 aliphatic carbocycles. The highest BCUT2D eigenvalue weighted by molar-refractivity contribution is 6.30. The fourth-order valence-electron chi connectivity index (χ4n) is 2.91. The summed E-state index contributed by atoms with van der Waals surface area (Å²) in [6.07, 6.45) is 3.04. The Morgan fingerprint density at radius 1 is 0.600 bits per heavy atom. The number of aliphatic hydroxyl groups is 2. The number of hydrogen-bond donors (Lipinski definition) is 2. The summed E-state index contributed by atoms with van der Waals surface area (Å²) in [4.78, 5) is 9.23. The summed E-state index contributed by atoms with van der Waals surface area (Å²) < 4.78 is 0. The summed E-state index contributed by atoms with van der Waals surface area (Å²) in [6, 6.07) is 21.0. The molecule has 0 amide bonds. The van der Waals surface area contributed by atoms with Crippen LogP contribution in [-0.4, -0.2) is 20.2 Å². The molecule has 4 rings (SSSR count). The maximum absolute atomic E-state index is 10.6. The molecule has 3 aromatic carbocycles. The van der Waals surface area contributed by atoms with Crippen molar-refractivity contribution >= 4 is 57.9 Å². The average Bonchev–Trinajstić information content (AvgIpc) is 2.75. The summed E-state index contributed by atoms with van der Waals surface area (Å²) in [5.41, 5.74) is 3.37. The maximum atomic E-state index is 10.6. The van der Waals surface area contributed by atoms with E-state index in [4.69, 9.17) is 23.2 Å². The summed E-state index contributed by atoms with van der Waals surface area (Å²) in [5.74, 6) is 0.0220. The number of rotatable bonds is 4. The highest BCUT2D eigenvalue weighted by Gasteiger charge is 2.10. The van der Waals surface area contributed by atoms with Gasteiger partial charge in [0.1, 0.15) is 11.5 Å². The Morgan fingerprint density at radius 3 is 1.33 bits per heavy atom. The van der Waals surface area contributed by atoms with E-state index in [0.717, 1.165) is 0 Å². The van der Waals surface area contributed by atoms with E-state index in [1.54, 1.807) is 48.5 Å². The van der Waals surface area contributed by atoms with E-state index in [2.05, 4.69) is 9.97 Å². The van der Waals surface area contributed by atoms with Crippen molar-refractivity contribution in [3.05, 3.63) is 105 Å². The Labute approximate surface area is 183 Å². The molecule has 30 heavy (non-hydrogen) atoms. The molecule has 1 heterocycles. The predicted molar refractivity (Wildman–Crippen MR) is 123 cm³/mol. The van der Waals surface area contributed by atoms with Crippen LogP contribution in [0.2, 0.25) is 10.0 Å². The first-order chi connectivity index (χ1) is 14.5. The first kappa shape index (κ1) is 20.0. The molecule has 0 aliphatic heterocycles. The lowest BCUT2D eigenvalue weighted by atomic mass is 10.1. The van der Waals surface area contributed by atoms with Crippen LogP contribution >= 0.6 is 23.2 Å². The monoisotopic (exact) mass is 434 g/mol. The molecule has 6 heteroatoms. The molecule has 0 aliphatic rings. The lowest BCUT2D eigenvalue weighted by molar-refractivity contribution is 0.514. The Balaban J connectivity index is 1.83. The van der Waals surface area contributed by atoms with Crippen LogP contribution in [0.5, 0.6) is 0 Å². The Bertz CT molecular complexity index is 1160. The lowest BCUT2D eigenvalue weighted by Crippen LogP contribution is -1.96. The van der Waals surface area contributed by atoms with Crippen molar-refractivity contribution in [1.82, 2.24) is 9.97 Å². The van der Waals surface area contributed by atoms with Crippen molar-refractivity contribution in [2.75, 3.05) is 0 Å². The fourth-order valence-corrected chi connectivity index (χ4v) is 3.16. The van der Waals surface area contributed by atoms with Gasteiger partial charge in [0.25, 0.3) is 0 Å². The molecule has 4 aromatic rings. The van der Waals surface area contributed by atoms with Gasteiger partial charge in [-0.1, -0.05) is 35.3 Å². The molecule has 0 spiro atoms. The lowest BCUT2D eigenvalue weighted by Gasteiger charge is -2.07. The molecular formula is C24H16Cl2N2O2. The molecule has 0 radical (unpaired) electrons. The summed E-state index contributed by atoms with van der Waals surface area (Å²) in [7, 11) is 0. The van der Waals surface area contributed by atoms with Crippen molar-refractivity contribution in [3.63, 3.8) is 0 Å². The summed E-state index contributed by atoms with van der Waals surface area (Å²) >= 11 is 11.9. The molecule has 4 nitrogen and oxygen atoms in total. The third-order valence-electron chi connectivity index (χ3n) is 4.45. The first-order valence-corrected chi connectivity index (χ1v) is 9.85. The smallest absolute Gasteiger partial charge is 0.125 e. The van der Waals surface area contributed by atoms with Crippen molar-refractivity contribution in [2.24, 2.45) is 0 Å². The molecule has 0 unspecified atom stereocenters. The quantitative estimate of drug-likeness (QED) is 0.337. The minimum Gasteiger partial charge on any atom is -0.507 e. The summed E-state index contributed by atoms with van der Waals surface area (Å²) in [6.45, 7) is 0. The van der Waals surface area contributed by atoms with Gasteiger partial charge in [0, 0.05) is 33.3 Å². The highest BCUT2D eigenvalue weighted by atomic mass is 35.5. The molecule has 0 bridgehead atoms. The zero-order valence-electron chi connectivity index (χ0n) is 15.6. The minimum atomic E-state index is 0.0110. The number of para-hydroxylation sites is 2. The second kappa shape index (κ2) is 8.57. The van der Waals surface area contributed by atoms with Crippen molar-refractivity contribution < 1.29 is 10.2 Å². The topological polar surface area (TPSA) is 66.2 Å². The molecular weight excluding hydrogens is 419 g/mol. The number of aromatic nitrogens is 2. The van der Waals surface area contributed by atoms with Gasteiger partial charge in [-0.25, -0.2) is 9.97 Å². The van der Waals surface area contributed by atoms with Crippen LogP contribution < -0.4 is 0 Å².